The Morgan fingerprint density at radius 2 is 1.77 bits per heavy atom. The molecule has 26 heavy (non-hydrogen) atoms. The van der Waals surface area contributed by atoms with E-state index in [9.17, 15) is 26.7 Å². The first-order chi connectivity index (χ1) is 11.5. The predicted octanol–water partition coefficient (Wildman–Crippen LogP) is 4.97. The fraction of sp³-hybridized carbons (Fsp3) is 0.533. The minimum absolute atomic E-state index is 0. The summed E-state index contributed by atoms with van der Waals surface area (Å²) in [5, 5.41) is 2.56. The van der Waals surface area contributed by atoms with Gasteiger partial charge in [-0.05, 0) is 24.3 Å². The highest BCUT2D eigenvalue weighted by atomic mass is 35.5. The van der Waals surface area contributed by atoms with E-state index in [4.69, 9.17) is 11.6 Å². The van der Waals surface area contributed by atoms with Gasteiger partial charge in [0, 0.05) is 43.2 Å². The number of rotatable bonds is 4. The minimum atomic E-state index is -4.81. The maximum absolute atomic E-state index is 13.1. The van der Waals surface area contributed by atoms with Crippen LogP contribution >= 0.6 is 24.0 Å². The van der Waals surface area contributed by atoms with Gasteiger partial charge in [-0.25, -0.2) is 13.6 Å². The first-order valence-electron chi connectivity index (χ1n) is 7.45. The normalized spacial score (nSPS) is 18.5. The van der Waals surface area contributed by atoms with Crippen LogP contribution in [0.3, 0.4) is 0 Å². The van der Waals surface area contributed by atoms with Crippen molar-refractivity contribution < 1.29 is 31.5 Å². The Morgan fingerprint density at radius 1 is 1.23 bits per heavy atom. The molecular weight excluding hydrogens is 406 g/mol. The Balaban J connectivity index is 0.00000338. The number of piperidine rings is 1. The molecule has 0 radical (unpaired) electrons. The maximum Gasteiger partial charge on any atom is 0.426 e. The van der Waals surface area contributed by atoms with Crippen LogP contribution in [0.4, 0.5) is 32.4 Å². The number of hydrogen-bond donors (Lipinski definition) is 1. The smallest absolute Gasteiger partial charge is 0.426 e. The molecule has 1 fully saturated rings. The summed E-state index contributed by atoms with van der Waals surface area (Å²) in [6.45, 7) is -1.07. The standard InChI is InChI=1S/C15H16ClF5N2O2.ClH/c16-10-1-3-11(4-2-10)22-13(24)25-12(15(19,20)21)9-23-7-5-14(17,18)6-8-23;/h1-4,12H,5-9H2,(H,22,24);1H/t12-;/m0./s1. The highest BCUT2D eigenvalue weighted by Crippen LogP contribution is 2.30. The average Bonchev–Trinajstić information content (AvgIpc) is 2.50. The molecule has 0 spiro atoms. The van der Waals surface area contributed by atoms with E-state index in [-0.39, 0.29) is 31.2 Å². The molecule has 0 aromatic heterocycles. The molecule has 1 aromatic carbocycles. The highest BCUT2D eigenvalue weighted by molar-refractivity contribution is 6.30. The number of nitrogens with zero attached hydrogens (tertiary/aromatic N) is 1. The van der Waals surface area contributed by atoms with Crippen molar-refractivity contribution >= 4 is 35.8 Å². The van der Waals surface area contributed by atoms with Crippen molar-refractivity contribution in [1.82, 2.24) is 4.90 Å². The molecule has 148 valence electrons. The summed E-state index contributed by atoms with van der Waals surface area (Å²) >= 11 is 5.67. The van der Waals surface area contributed by atoms with E-state index in [0.29, 0.717) is 5.02 Å². The third-order valence-corrected chi connectivity index (χ3v) is 3.97. The Bertz CT molecular complexity index is 589. The zero-order chi connectivity index (χ0) is 18.7. The van der Waals surface area contributed by atoms with Crippen LogP contribution in [0.25, 0.3) is 0 Å². The first-order valence-corrected chi connectivity index (χ1v) is 7.83. The van der Waals surface area contributed by atoms with Crippen LogP contribution in [0, 0.1) is 0 Å². The molecule has 1 amide bonds. The first kappa shape index (κ1) is 22.7. The largest absolute Gasteiger partial charge is 0.435 e. The number of likely N-dealkylation sites (tertiary alicyclic amines) is 1. The van der Waals surface area contributed by atoms with Crippen molar-refractivity contribution in [3.05, 3.63) is 29.3 Å². The summed E-state index contributed by atoms with van der Waals surface area (Å²) in [5.41, 5.74) is 0.216. The van der Waals surface area contributed by atoms with Gasteiger partial charge in [-0.1, -0.05) is 11.6 Å². The number of benzene rings is 1. The fourth-order valence-electron chi connectivity index (χ4n) is 2.31. The molecule has 0 bridgehead atoms. The molecule has 1 heterocycles. The second-order valence-corrected chi connectivity index (χ2v) is 6.16. The molecule has 1 aromatic rings. The van der Waals surface area contributed by atoms with Crippen molar-refractivity contribution in [3.8, 4) is 0 Å². The van der Waals surface area contributed by atoms with Crippen molar-refractivity contribution in [1.29, 1.82) is 0 Å². The Hall–Kier alpha value is -1.32. The molecule has 0 saturated carbocycles. The van der Waals surface area contributed by atoms with Crippen LogP contribution in [0.2, 0.25) is 5.02 Å². The molecule has 1 aliphatic rings. The maximum atomic E-state index is 13.1. The summed E-state index contributed by atoms with van der Waals surface area (Å²) in [7, 11) is 0. The summed E-state index contributed by atoms with van der Waals surface area (Å²) in [6.07, 6.45) is -9.54. The Morgan fingerprint density at radius 3 is 2.27 bits per heavy atom. The SMILES string of the molecule is Cl.O=C(Nc1ccc(Cl)cc1)O[C@@H](CN1CCC(F)(F)CC1)C(F)(F)F. The summed E-state index contributed by atoms with van der Waals surface area (Å²) in [4.78, 5) is 12.9. The lowest BCUT2D eigenvalue weighted by molar-refractivity contribution is -0.208. The topological polar surface area (TPSA) is 41.6 Å². The molecule has 11 heteroatoms. The molecule has 0 aliphatic carbocycles. The van der Waals surface area contributed by atoms with Crippen LogP contribution < -0.4 is 5.32 Å². The van der Waals surface area contributed by atoms with E-state index >= 15 is 0 Å². The molecule has 4 nitrogen and oxygen atoms in total. The number of carbonyl (C=O) groups is 1. The van der Waals surface area contributed by atoms with Gasteiger partial charge in [-0.3, -0.25) is 10.2 Å². The average molecular weight is 423 g/mol. The second kappa shape index (κ2) is 9.05. The minimum Gasteiger partial charge on any atom is -0.435 e. The second-order valence-electron chi connectivity index (χ2n) is 5.72. The summed E-state index contributed by atoms with van der Waals surface area (Å²) in [5.74, 6) is -2.86. The van der Waals surface area contributed by atoms with Gasteiger partial charge in [0.15, 0.2) is 0 Å². The molecule has 1 N–H and O–H groups in total. The monoisotopic (exact) mass is 422 g/mol. The van der Waals surface area contributed by atoms with E-state index in [1.54, 1.807) is 0 Å². The van der Waals surface area contributed by atoms with Gasteiger partial charge in [0.05, 0.1) is 0 Å². The number of ether oxygens (including phenoxy) is 1. The van der Waals surface area contributed by atoms with E-state index in [1.165, 1.54) is 29.2 Å². The van der Waals surface area contributed by atoms with Crippen molar-refractivity contribution in [2.45, 2.75) is 31.0 Å². The Kier molecular flexibility index (Phi) is 7.91. The number of halogens is 7. The molecule has 0 unspecified atom stereocenters. The fourth-order valence-corrected chi connectivity index (χ4v) is 2.44. The summed E-state index contributed by atoms with van der Waals surface area (Å²) < 4.78 is 69.9. The quantitative estimate of drug-likeness (QED) is 0.696. The van der Waals surface area contributed by atoms with Gasteiger partial charge in [-0.15, -0.1) is 12.4 Å². The molecule has 1 atom stereocenters. The number of amides is 1. The van der Waals surface area contributed by atoms with Crippen LogP contribution in [-0.4, -0.2) is 48.8 Å². The zero-order valence-electron chi connectivity index (χ0n) is 13.4. The van der Waals surface area contributed by atoms with Gasteiger partial charge in [0.25, 0.3) is 5.92 Å². The summed E-state index contributed by atoms with van der Waals surface area (Å²) in [6, 6.07) is 5.70. The zero-order valence-corrected chi connectivity index (χ0v) is 14.9. The molecule has 1 saturated heterocycles. The Labute approximate surface area is 158 Å². The third-order valence-electron chi connectivity index (χ3n) is 3.72. The van der Waals surface area contributed by atoms with Crippen LogP contribution in [-0.2, 0) is 4.74 Å². The van der Waals surface area contributed by atoms with Gasteiger partial charge < -0.3 is 4.74 Å². The molecule has 1 aliphatic heterocycles. The van der Waals surface area contributed by atoms with Crippen molar-refractivity contribution in [2.75, 3.05) is 25.0 Å². The number of anilines is 1. The van der Waals surface area contributed by atoms with Gasteiger partial charge in [-0.2, -0.15) is 13.2 Å². The highest BCUT2D eigenvalue weighted by Gasteiger charge is 2.45. The van der Waals surface area contributed by atoms with E-state index in [1.807, 2.05) is 0 Å². The van der Waals surface area contributed by atoms with Gasteiger partial charge in [0.2, 0.25) is 6.10 Å². The van der Waals surface area contributed by atoms with Gasteiger partial charge in [0.1, 0.15) is 0 Å². The lowest BCUT2D eigenvalue weighted by Gasteiger charge is -2.34. The van der Waals surface area contributed by atoms with Crippen molar-refractivity contribution in [2.24, 2.45) is 0 Å². The van der Waals surface area contributed by atoms with Crippen LogP contribution in [0.5, 0.6) is 0 Å². The number of alkyl halides is 5. The number of hydrogen-bond acceptors (Lipinski definition) is 3. The number of carbonyl (C=O) groups excluding carboxylic acids is 1. The predicted molar refractivity (Wildman–Crippen MR) is 89.3 cm³/mol. The lowest BCUT2D eigenvalue weighted by atomic mass is 10.1. The van der Waals surface area contributed by atoms with Crippen LogP contribution in [0.1, 0.15) is 12.8 Å². The lowest BCUT2D eigenvalue weighted by Crippen LogP contribution is -2.48. The van der Waals surface area contributed by atoms with E-state index in [0.717, 1.165) is 0 Å². The van der Waals surface area contributed by atoms with E-state index in [2.05, 4.69) is 10.1 Å². The van der Waals surface area contributed by atoms with Crippen molar-refractivity contribution in [3.63, 3.8) is 0 Å². The third kappa shape index (κ3) is 7.13. The van der Waals surface area contributed by atoms with Crippen LogP contribution in [0.15, 0.2) is 24.3 Å². The molecule has 2 rings (SSSR count). The number of nitrogens with one attached hydrogen (secondary N) is 1. The van der Waals surface area contributed by atoms with Gasteiger partial charge >= 0.3 is 12.3 Å². The van der Waals surface area contributed by atoms with E-state index < -0.39 is 43.7 Å². The molecular formula is C15H17Cl2F5N2O2.